The standard InChI is InChI=1S/C10H6INO2/c1-6(14)9-2-7(4-12)10(11)3-8(9)5-13/h2-3,5H,1H3. The van der Waals surface area contributed by atoms with E-state index >= 15 is 0 Å². The Labute approximate surface area is 94.9 Å². The van der Waals surface area contributed by atoms with Gasteiger partial charge < -0.3 is 0 Å². The molecular formula is C10H6INO2. The van der Waals surface area contributed by atoms with Gasteiger partial charge in [-0.15, -0.1) is 0 Å². The fraction of sp³-hybridized carbons (Fsp3) is 0.100. The fourth-order valence-electron chi connectivity index (χ4n) is 1.08. The van der Waals surface area contributed by atoms with Gasteiger partial charge in [0.25, 0.3) is 0 Å². The van der Waals surface area contributed by atoms with Crippen molar-refractivity contribution in [3.8, 4) is 6.07 Å². The molecular weight excluding hydrogens is 293 g/mol. The number of rotatable bonds is 2. The van der Waals surface area contributed by atoms with E-state index in [4.69, 9.17) is 5.26 Å². The third-order valence-corrected chi connectivity index (χ3v) is 2.66. The lowest BCUT2D eigenvalue weighted by Crippen LogP contribution is -2.01. The first-order chi connectivity index (χ1) is 6.60. The summed E-state index contributed by atoms with van der Waals surface area (Å²) in [5, 5.41) is 8.73. The molecule has 0 amide bonds. The van der Waals surface area contributed by atoms with Gasteiger partial charge in [0.2, 0.25) is 0 Å². The summed E-state index contributed by atoms with van der Waals surface area (Å²) in [7, 11) is 0. The molecule has 0 aliphatic rings. The minimum absolute atomic E-state index is 0.208. The monoisotopic (exact) mass is 299 g/mol. The first-order valence-corrected chi connectivity index (χ1v) is 4.87. The van der Waals surface area contributed by atoms with Crippen molar-refractivity contribution in [1.82, 2.24) is 0 Å². The molecule has 14 heavy (non-hydrogen) atoms. The third kappa shape index (κ3) is 1.99. The van der Waals surface area contributed by atoms with E-state index in [0.717, 1.165) is 0 Å². The number of nitriles is 1. The van der Waals surface area contributed by atoms with Crippen LogP contribution in [0.2, 0.25) is 0 Å². The number of nitrogens with zero attached hydrogens (tertiary/aromatic N) is 1. The first-order valence-electron chi connectivity index (χ1n) is 3.80. The zero-order valence-corrected chi connectivity index (χ0v) is 9.53. The van der Waals surface area contributed by atoms with E-state index in [9.17, 15) is 9.59 Å². The minimum Gasteiger partial charge on any atom is -0.298 e. The normalized spacial score (nSPS) is 9.21. The maximum atomic E-state index is 11.1. The van der Waals surface area contributed by atoms with Crippen molar-refractivity contribution in [2.24, 2.45) is 0 Å². The molecule has 0 radical (unpaired) electrons. The van der Waals surface area contributed by atoms with Crippen LogP contribution in [-0.4, -0.2) is 12.1 Å². The number of ketones is 1. The molecule has 0 aliphatic carbocycles. The molecule has 1 aromatic rings. The van der Waals surface area contributed by atoms with Gasteiger partial charge in [-0.05, 0) is 41.6 Å². The Morgan fingerprint density at radius 3 is 2.64 bits per heavy atom. The Bertz CT molecular complexity index is 446. The van der Waals surface area contributed by atoms with Crippen LogP contribution in [0.15, 0.2) is 12.1 Å². The highest BCUT2D eigenvalue weighted by molar-refractivity contribution is 14.1. The van der Waals surface area contributed by atoms with E-state index in [1.807, 2.05) is 28.7 Å². The quantitative estimate of drug-likeness (QED) is 0.478. The smallest absolute Gasteiger partial charge is 0.160 e. The maximum Gasteiger partial charge on any atom is 0.160 e. The van der Waals surface area contributed by atoms with E-state index in [2.05, 4.69) is 0 Å². The summed E-state index contributed by atoms with van der Waals surface area (Å²) >= 11 is 1.96. The lowest BCUT2D eigenvalue weighted by atomic mass is 10.0. The largest absolute Gasteiger partial charge is 0.298 e. The molecule has 0 saturated heterocycles. The number of carbonyl (C=O) groups is 2. The Hall–Kier alpha value is -1.22. The van der Waals surface area contributed by atoms with Crippen molar-refractivity contribution in [1.29, 1.82) is 5.26 Å². The van der Waals surface area contributed by atoms with Gasteiger partial charge in [0.05, 0.1) is 5.56 Å². The van der Waals surface area contributed by atoms with Crippen LogP contribution in [0, 0.1) is 14.9 Å². The van der Waals surface area contributed by atoms with Crippen LogP contribution in [-0.2, 0) is 0 Å². The summed E-state index contributed by atoms with van der Waals surface area (Å²) in [5.74, 6) is -0.208. The van der Waals surface area contributed by atoms with Crippen molar-refractivity contribution in [2.75, 3.05) is 0 Å². The molecule has 0 unspecified atom stereocenters. The molecule has 1 rings (SSSR count). The first kappa shape index (κ1) is 10.9. The summed E-state index contributed by atoms with van der Waals surface area (Å²) in [6.07, 6.45) is 0.625. The minimum atomic E-state index is -0.208. The molecule has 0 N–H and O–H groups in total. The van der Waals surface area contributed by atoms with Gasteiger partial charge in [0.15, 0.2) is 12.1 Å². The lowest BCUT2D eigenvalue weighted by molar-refractivity contribution is 0.100. The molecule has 0 saturated carbocycles. The molecule has 0 heterocycles. The molecule has 0 atom stereocenters. The Balaban J connectivity index is 3.49. The van der Waals surface area contributed by atoms with Gasteiger partial charge >= 0.3 is 0 Å². The molecule has 0 bridgehead atoms. The second-order valence-electron chi connectivity index (χ2n) is 2.71. The molecule has 0 fully saturated rings. The zero-order chi connectivity index (χ0) is 10.7. The number of carbonyl (C=O) groups excluding carboxylic acids is 2. The summed E-state index contributed by atoms with van der Waals surface area (Å²) in [4.78, 5) is 21.8. The molecule has 1 aromatic carbocycles. The van der Waals surface area contributed by atoms with E-state index in [1.54, 1.807) is 6.07 Å². The number of benzene rings is 1. The van der Waals surface area contributed by atoms with Crippen molar-refractivity contribution >= 4 is 34.7 Å². The summed E-state index contributed by atoms with van der Waals surface area (Å²) in [6, 6.07) is 4.96. The maximum absolute atomic E-state index is 11.1. The number of hydrogen-bond donors (Lipinski definition) is 0. The Morgan fingerprint density at radius 1 is 1.57 bits per heavy atom. The van der Waals surface area contributed by atoms with Crippen molar-refractivity contribution in [3.05, 3.63) is 32.4 Å². The second kappa shape index (κ2) is 4.33. The van der Waals surface area contributed by atoms with E-state index in [-0.39, 0.29) is 5.78 Å². The average molecular weight is 299 g/mol. The molecule has 3 nitrogen and oxygen atoms in total. The topological polar surface area (TPSA) is 57.9 Å². The van der Waals surface area contributed by atoms with Crippen molar-refractivity contribution in [3.63, 3.8) is 0 Å². The Morgan fingerprint density at radius 2 is 2.21 bits per heavy atom. The van der Waals surface area contributed by atoms with Crippen LogP contribution in [0.25, 0.3) is 0 Å². The molecule has 0 aromatic heterocycles. The SMILES string of the molecule is CC(=O)c1cc(C#N)c(I)cc1C=O. The van der Waals surface area contributed by atoms with E-state index in [1.165, 1.54) is 13.0 Å². The molecule has 70 valence electrons. The van der Waals surface area contributed by atoms with E-state index < -0.39 is 0 Å². The highest BCUT2D eigenvalue weighted by Gasteiger charge is 2.10. The zero-order valence-electron chi connectivity index (χ0n) is 7.37. The van der Waals surface area contributed by atoms with E-state index in [0.29, 0.717) is 26.5 Å². The van der Waals surface area contributed by atoms with Gasteiger partial charge in [-0.25, -0.2) is 0 Å². The van der Waals surface area contributed by atoms with Gasteiger partial charge in [-0.1, -0.05) is 0 Å². The number of hydrogen-bond acceptors (Lipinski definition) is 3. The van der Waals surface area contributed by atoms with Crippen LogP contribution < -0.4 is 0 Å². The van der Waals surface area contributed by atoms with Crippen LogP contribution in [0.5, 0.6) is 0 Å². The summed E-state index contributed by atoms with van der Waals surface area (Å²) < 4.78 is 0.678. The highest BCUT2D eigenvalue weighted by Crippen LogP contribution is 2.17. The van der Waals surface area contributed by atoms with Gasteiger partial charge in [-0.3, -0.25) is 9.59 Å². The highest BCUT2D eigenvalue weighted by atomic mass is 127. The molecule has 0 spiro atoms. The number of Topliss-reactive ketones (excluding diaryl/α,β-unsaturated/α-hetero) is 1. The number of aldehydes is 1. The predicted octanol–water partition coefficient (Wildman–Crippen LogP) is 2.18. The molecule has 0 aliphatic heterocycles. The summed E-state index contributed by atoms with van der Waals surface area (Å²) in [6.45, 7) is 1.37. The van der Waals surface area contributed by atoms with Crippen molar-refractivity contribution < 1.29 is 9.59 Å². The summed E-state index contributed by atoms with van der Waals surface area (Å²) in [5.41, 5.74) is 1.05. The Kier molecular flexibility index (Phi) is 3.36. The lowest BCUT2D eigenvalue weighted by Gasteiger charge is -2.02. The third-order valence-electron chi connectivity index (χ3n) is 1.77. The van der Waals surface area contributed by atoms with Crippen LogP contribution in [0.4, 0.5) is 0 Å². The second-order valence-corrected chi connectivity index (χ2v) is 3.87. The van der Waals surface area contributed by atoms with Crippen LogP contribution in [0.3, 0.4) is 0 Å². The van der Waals surface area contributed by atoms with Crippen LogP contribution in [0.1, 0.15) is 33.2 Å². The predicted molar refractivity (Wildman–Crippen MR) is 59.3 cm³/mol. The van der Waals surface area contributed by atoms with Gasteiger partial charge in [0, 0.05) is 14.7 Å². The van der Waals surface area contributed by atoms with Gasteiger partial charge in [-0.2, -0.15) is 5.26 Å². The van der Waals surface area contributed by atoms with Crippen molar-refractivity contribution in [2.45, 2.75) is 6.92 Å². The van der Waals surface area contributed by atoms with Crippen LogP contribution >= 0.6 is 22.6 Å². The number of halogens is 1. The average Bonchev–Trinajstić information content (AvgIpc) is 2.16. The molecule has 4 heteroatoms. The van der Waals surface area contributed by atoms with Gasteiger partial charge in [0.1, 0.15) is 6.07 Å². The fourth-order valence-corrected chi connectivity index (χ4v) is 1.69.